The average molecular weight is 854 g/mol. The van der Waals surface area contributed by atoms with E-state index in [-0.39, 0.29) is 12.5 Å². The minimum Gasteiger partial charge on any atom is -0.394 e. The van der Waals surface area contributed by atoms with E-state index in [0.29, 0.717) is 6.42 Å². The van der Waals surface area contributed by atoms with Gasteiger partial charge in [-0.25, -0.2) is 0 Å². The Morgan fingerprint density at radius 1 is 0.393 bits per heavy atom. The molecule has 0 bridgehead atoms. The molecule has 0 saturated heterocycles. The molecule has 0 radical (unpaired) electrons. The Morgan fingerprint density at radius 2 is 0.672 bits per heavy atom. The third-order valence-electron chi connectivity index (χ3n) is 12.6. The highest BCUT2D eigenvalue weighted by Crippen LogP contribution is 2.17. The van der Waals surface area contributed by atoms with Crippen LogP contribution in [0.3, 0.4) is 0 Å². The zero-order valence-corrected chi connectivity index (χ0v) is 41.2. The number of nitrogens with one attached hydrogen (secondary N) is 1. The van der Waals surface area contributed by atoms with Crippen LogP contribution in [0.2, 0.25) is 0 Å². The quantitative estimate of drug-likeness (QED) is 0.0422. The molecule has 0 aliphatic heterocycles. The Hall–Kier alpha value is -1.65. The Kier molecular flexibility index (Phi) is 51.3. The van der Waals surface area contributed by atoms with Gasteiger partial charge >= 0.3 is 0 Å². The largest absolute Gasteiger partial charge is 0.394 e. The van der Waals surface area contributed by atoms with Gasteiger partial charge in [0.2, 0.25) is 5.91 Å². The van der Waals surface area contributed by atoms with E-state index in [4.69, 9.17) is 0 Å². The van der Waals surface area contributed by atoms with Gasteiger partial charge in [-0.2, -0.15) is 0 Å². The smallest absolute Gasteiger partial charge is 0.220 e. The summed E-state index contributed by atoms with van der Waals surface area (Å²) < 4.78 is 0. The Balaban J connectivity index is 3.41. The molecular weight excluding hydrogens is 747 g/mol. The minimum absolute atomic E-state index is 0.0614. The molecule has 0 aromatic rings. The topological polar surface area (TPSA) is 69.6 Å². The predicted molar refractivity (Wildman–Crippen MR) is 271 cm³/mol. The van der Waals surface area contributed by atoms with Gasteiger partial charge in [-0.15, -0.1) is 0 Å². The van der Waals surface area contributed by atoms with Crippen molar-refractivity contribution in [3.8, 4) is 0 Å². The zero-order valence-electron chi connectivity index (χ0n) is 41.2. The molecule has 4 heteroatoms. The second kappa shape index (κ2) is 52.7. The lowest BCUT2D eigenvalue weighted by atomic mass is 10.0. The number of amides is 1. The van der Waals surface area contributed by atoms with Gasteiger partial charge in [0.1, 0.15) is 0 Å². The van der Waals surface area contributed by atoms with Crippen molar-refractivity contribution in [3.05, 3.63) is 48.6 Å². The minimum atomic E-state index is -0.836. The van der Waals surface area contributed by atoms with E-state index < -0.39 is 12.1 Å². The summed E-state index contributed by atoms with van der Waals surface area (Å²) in [6.45, 7) is 4.30. The molecule has 0 spiro atoms. The Bertz CT molecular complexity index is 970. The fourth-order valence-corrected chi connectivity index (χ4v) is 8.36. The molecule has 0 aromatic carbocycles. The number of allylic oxidation sites excluding steroid dienone is 7. The van der Waals surface area contributed by atoms with Gasteiger partial charge in [-0.05, 0) is 57.8 Å². The summed E-state index contributed by atoms with van der Waals surface area (Å²) >= 11 is 0. The molecule has 0 aliphatic rings. The van der Waals surface area contributed by atoms with Crippen molar-refractivity contribution < 1.29 is 15.0 Å². The zero-order chi connectivity index (χ0) is 44.2. The van der Waals surface area contributed by atoms with Gasteiger partial charge in [0.15, 0.2) is 0 Å². The van der Waals surface area contributed by atoms with Gasteiger partial charge < -0.3 is 15.5 Å². The van der Waals surface area contributed by atoms with E-state index in [1.165, 1.54) is 231 Å². The summed E-state index contributed by atoms with van der Waals surface area (Å²) in [7, 11) is 0. The monoisotopic (exact) mass is 854 g/mol. The molecule has 0 aliphatic carbocycles. The molecule has 2 unspecified atom stereocenters. The fraction of sp³-hybridized carbons (Fsp3) is 0.842. The molecule has 358 valence electrons. The third-order valence-corrected chi connectivity index (χ3v) is 12.6. The van der Waals surface area contributed by atoms with Gasteiger partial charge in [0.05, 0.1) is 18.8 Å². The molecule has 61 heavy (non-hydrogen) atoms. The van der Waals surface area contributed by atoms with Crippen molar-refractivity contribution in [1.82, 2.24) is 5.32 Å². The summed E-state index contributed by atoms with van der Waals surface area (Å²) in [4.78, 5) is 12.4. The van der Waals surface area contributed by atoms with Crippen LogP contribution in [-0.2, 0) is 4.79 Å². The van der Waals surface area contributed by atoms with Crippen molar-refractivity contribution in [3.63, 3.8) is 0 Å². The lowest BCUT2D eigenvalue weighted by Gasteiger charge is -2.20. The normalized spacial score (nSPS) is 13.2. The Morgan fingerprint density at radius 3 is 1.00 bits per heavy atom. The molecular formula is C57H107NO3. The van der Waals surface area contributed by atoms with E-state index in [1.807, 2.05) is 6.08 Å². The van der Waals surface area contributed by atoms with E-state index in [1.54, 1.807) is 6.08 Å². The van der Waals surface area contributed by atoms with Crippen LogP contribution in [0.4, 0.5) is 0 Å². The molecule has 3 N–H and O–H groups in total. The van der Waals surface area contributed by atoms with Crippen molar-refractivity contribution in [2.45, 2.75) is 302 Å². The van der Waals surface area contributed by atoms with Gasteiger partial charge in [-0.3, -0.25) is 4.79 Å². The third kappa shape index (κ3) is 49.2. The highest BCUT2D eigenvalue weighted by atomic mass is 16.3. The first-order valence-electron chi connectivity index (χ1n) is 27.4. The average Bonchev–Trinajstić information content (AvgIpc) is 3.26. The van der Waals surface area contributed by atoms with Crippen LogP contribution in [-0.4, -0.2) is 34.9 Å². The highest BCUT2D eigenvalue weighted by molar-refractivity contribution is 5.76. The van der Waals surface area contributed by atoms with E-state index in [0.717, 1.165) is 38.5 Å². The second-order valence-electron chi connectivity index (χ2n) is 18.7. The number of carbonyl (C=O) groups is 1. The molecule has 0 rings (SSSR count). The first kappa shape index (κ1) is 59.4. The van der Waals surface area contributed by atoms with Crippen molar-refractivity contribution in [1.29, 1.82) is 0 Å². The van der Waals surface area contributed by atoms with Crippen molar-refractivity contribution >= 4 is 5.91 Å². The molecule has 0 heterocycles. The van der Waals surface area contributed by atoms with Gasteiger partial charge in [0, 0.05) is 6.42 Å². The highest BCUT2D eigenvalue weighted by Gasteiger charge is 2.18. The van der Waals surface area contributed by atoms with E-state index in [9.17, 15) is 15.0 Å². The molecule has 0 saturated carbocycles. The van der Waals surface area contributed by atoms with Crippen LogP contribution in [0, 0.1) is 0 Å². The molecule has 0 fully saturated rings. The predicted octanol–water partition coefficient (Wildman–Crippen LogP) is 17.9. The first-order chi connectivity index (χ1) is 30.2. The number of carbonyl (C=O) groups excluding carboxylic acids is 1. The van der Waals surface area contributed by atoms with Crippen LogP contribution in [0.15, 0.2) is 48.6 Å². The second-order valence-corrected chi connectivity index (χ2v) is 18.7. The molecule has 1 amide bonds. The molecule has 0 aromatic heterocycles. The maximum Gasteiger partial charge on any atom is 0.220 e. The molecule has 2 atom stereocenters. The van der Waals surface area contributed by atoms with E-state index in [2.05, 4.69) is 55.6 Å². The number of hydrogen-bond donors (Lipinski definition) is 3. The SMILES string of the molecule is CCCCCCC/C=C\C/C=C\C/C=C\CCCCCCCCCCCCCCCCCCCCCCCCC(=O)NC(CO)C(O)/C=C/CCCCCCCCCCCC. The standard InChI is InChI=1S/C57H107NO3/c1-3-5-7-9-11-13-15-17-18-19-20-21-22-23-24-25-26-27-28-29-30-31-32-33-34-35-36-37-38-39-40-41-43-45-47-49-51-53-57(61)58-55(54-59)56(60)52-50-48-46-44-42-16-14-12-10-8-6-4-2/h15,17,19-20,22-23,50,52,55-56,59-60H,3-14,16,18,21,24-49,51,53-54H2,1-2H3,(H,58,61)/b17-15-,20-19-,23-22-,52-50+. The number of aliphatic hydroxyl groups excluding tert-OH is 2. The van der Waals surface area contributed by atoms with Crippen molar-refractivity contribution in [2.24, 2.45) is 0 Å². The summed E-state index contributed by atoms with van der Waals surface area (Å²) in [6.07, 6.45) is 72.8. The maximum atomic E-state index is 12.4. The lowest BCUT2D eigenvalue weighted by molar-refractivity contribution is -0.123. The summed E-state index contributed by atoms with van der Waals surface area (Å²) in [6, 6.07) is -0.619. The number of aliphatic hydroxyl groups is 2. The van der Waals surface area contributed by atoms with E-state index >= 15 is 0 Å². The van der Waals surface area contributed by atoms with Gasteiger partial charge in [-0.1, -0.05) is 274 Å². The van der Waals surface area contributed by atoms with Crippen molar-refractivity contribution in [2.75, 3.05) is 6.61 Å². The van der Waals surface area contributed by atoms with Crippen LogP contribution < -0.4 is 5.32 Å². The Labute approximate surface area is 382 Å². The number of unbranched alkanes of at least 4 members (excludes halogenated alkanes) is 37. The summed E-state index contributed by atoms with van der Waals surface area (Å²) in [5.74, 6) is -0.0614. The first-order valence-corrected chi connectivity index (χ1v) is 27.4. The maximum absolute atomic E-state index is 12.4. The van der Waals surface area contributed by atoms with Gasteiger partial charge in [0.25, 0.3) is 0 Å². The van der Waals surface area contributed by atoms with Crippen LogP contribution in [0.1, 0.15) is 290 Å². The fourth-order valence-electron chi connectivity index (χ4n) is 8.36. The lowest BCUT2D eigenvalue weighted by Crippen LogP contribution is -2.45. The van der Waals surface area contributed by atoms with Crippen LogP contribution >= 0.6 is 0 Å². The summed E-state index contributed by atoms with van der Waals surface area (Å²) in [5, 5.41) is 23.0. The molecule has 4 nitrogen and oxygen atoms in total. The van der Waals surface area contributed by atoms with Crippen LogP contribution in [0.5, 0.6) is 0 Å². The number of rotatable bonds is 50. The summed E-state index contributed by atoms with van der Waals surface area (Å²) in [5.41, 5.74) is 0. The number of hydrogen-bond acceptors (Lipinski definition) is 3. The van der Waals surface area contributed by atoms with Crippen LogP contribution in [0.25, 0.3) is 0 Å².